The Kier molecular flexibility index (Phi) is 10.6. The maximum Gasteiger partial charge on any atom is 0.158 e. The minimum Gasteiger partial charge on any atom is -0.772 e. The van der Waals surface area contributed by atoms with Crippen LogP contribution < -0.4 is 0 Å². The van der Waals surface area contributed by atoms with E-state index in [1.54, 1.807) is 12.3 Å². The van der Waals surface area contributed by atoms with E-state index in [-0.39, 0.29) is 43.3 Å². The van der Waals surface area contributed by atoms with E-state index in [1.807, 2.05) is 48.5 Å². The van der Waals surface area contributed by atoms with Crippen molar-refractivity contribution in [3.63, 3.8) is 0 Å². The van der Waals surface area contributed by atoms with Crippen LogP contribution in [0.15, 0.2) is 95.7 Å². The van der Waals surface area contributed by atoms with Gasteiger partial charge in [-0.15, -0.1) is 29.3 Å². The molecule has 5 rings (SSSR count). The second kappa shape index (κ2) is 13.5. The zero-order valence-corrected chi connectivity index (χ0v) is 26.2. The maximum atomic E-state index is 12.2. The Hall–Kier alpha value is -3.43. The quantitative estimate of drug-likeness (QED) is 0.105. The Morgan fingerprint density at radius 2 is 1.61 bits per heavy atom. The molecule has 1 atom stereocenters. The number of carbonyl (C=O) groups excluding carboxylic acids is 1. The Morgan fingerprint density at radius 3 is 2.10 bits per heavy atom. The van der Waals surface area contributed by atoms with Gasteiger partial charge >= 0.3 is 0 Å². The van der Waals surface area contributed by atoms with E-state index in [9.17, 15) is 22.0 Å². The molecule has 0 spiro atoms. The van der Waals surface area contributed by atoms with Gasteiger partial charge in [-0.2, -0.15) is 0 Å². The molecule has 2 aromatic heterocycles. The van der Waals surface area contributed by atoms with Crippen molar-refractivity contribution in [1.29, 1.82) is 0 Å². The van der Waals surface area contributed by atoms with E-state index in [2.05, 4.69) is 27.8 Å². The van der Waals surface area contributed by atoms with Crippen LogP contribution in [0.4, 0.5) is 0 Å². The van der Waals surface area contributed by atoms with E-state index in [1.165, 1.54) is 26.0 Å². The van der Waals surface area contributed by atoms with E-state index in [4.69, 9.17) is 5.11 Å². The fraction of sp³-hybridized carbons (Fsp3) is 0.133. The zero-order chi connectivity index (χ0) is 29.0. The molecule has 0 radical (unpaired) electrons. The predicted octanol–water partition coefficient (Wildman–Crippen LogP) is 5.46. The zero-order valence-electron chi connectivity index (χ0n) is 22.3. The Bertz CT molecular complexity index is 1840. The standard InChI is InChI=1S/C25H19N2O4S2.C5H8O2.Pt/c1-33(30,31)20-13-17(16-32(28)29)12-18(14-20)23-15-19(10-11-26-23)27-24-8-4-2-6-21(24)22-7-3-5-9-25(22)27;1-4(6)3-5(2)7;/h2-13,15H,16H2,1H3,(H,28,29);3,6H,1-2H3;/q-1;;/p-1/b;4-3-;. The van der Waals surface area contributed by atoms with Gasteiger partial charge in [0.2, 0.25) is 0 Å². The van der Waals surface area contributed by atoms with Gasteiger partial charge in [-0.1, -0.05) is 53.5 Å². The fourth-order valence-electron chi connectivity index (χ4n) is 4.36. The number of nitrogens with zero attached hydrogens (tertiary/aromatic N) is 2. The molecular weight excluding hydrogens is 744 g/mol. The van der Waals surface area contributed by atoms with Crippen LogP contribution in [-0.4, -0.2) is 43.9 Å². The van der Waals surface area contributed by atoms with Crippen molar-refractivity contribution in [2.24, 2.45) is 0 Å². The number of carbonyl (C=O) groups is 1. The summed E-state index contributed by atoms with van der Waals surface area (Å²) >= 11 is -2.36. The van der Waals surface area contributed by atoms with Crippen molar-refractivity contribution in [2.45, 2.75) is 24.5 Å². The van der Waals surface area contributed by atoms with Gasteiger partial charge < -0.3 is 19.2 Å². The number of ketones is 1. The van der Waals surface area contributed by atoms with Crippen LogP contribution in [-0.2, 0) is 52.5 Å². The number of pyridine rings is 1. The monoisotopic (exact) mass is 769 g/mol. The van der Waals surface area contributed by atoms with Gasteiger partial charge in [0.25, 0.3) is 0 Å². The Balaban J connectivity index is 0.000000516. The topological polar surface area (TPSA) is 129 Å². The normalized spacial score (nSPS) is 12.3. The first-order valence-electron chi connectivity index (χ1n) is 12.1. The van der Waals surface area contributed by atoms with Gasteiger partial charge in [0.1, 0.15) is 0 Å². The summed E-state index contributed by atoms with van der Waals surface area (Å²) in [5.41, 5.74) is 4.20. The van der Waals surface area contributed by atoms with Crippen LogP contribution in [0.5, 0.6) is 0 Å². The third-order valence-corrected chi connectivity index (χ3v) is 7.45. The molecule has 1 N–H and O–H groups in total. The first kappa shape index (κ1) is 32.1. The van der Waals surface area contributed by atoms with Crippen LogP contribution in [0.25, 0.3) is 38.8 Å². The SMILES string of the molecule is CC(=O)/C=C(/C)O.CS(=O)(=O)c1[c-]c(-c2cc(-n3c4ccccc4c4ccccc43)ccn2)cc(CS(=O)[O-])c1.[Pt]. The molecule has 5 aromatic rings. The average Bonchev–Trinajstić information content (AvgIpc) is 3.22. The molecule has 0 amide bonds. The molecule has 11 heteroatoms. The number of hydrogen-bond donors (Lipinski definition) is 1. The van der Waals surface area contributed by atoms with Crippen molar-refractivity contribution in [3.8, 4) is 16.9 Å². The van der Waals surface area contributed by atoms with Crippen molar-refractivity contribution >= 4 is 48.5 Å². The van der Waals surface area contributed by atoms with Gasteiger partial charge in [0.05, 0.1) is 16.8 Å². The molecule has 216 valence electrons. The van der Waals surface area contributed by atoms with Crippen LogP contribution in [0.2, 0.25) is 0 Å². The number of rotatable bonds is 6. The summed E-state index contributed by atoms with van der Waals surface area (Å²) in [6, 6.07) is 25.8. The smallest absolute Gasteiger partial charge is 0.158 e. The second-order valence-corrected chi connectivity index (χ2v) is 12.0. The summed E-state index contributed by atoms with van der Waals surface area (Å²) < 4.78 is 49.0. The number of para-hydroxylation sites is 2. The number of benzene rings is 3. The molecule has 3 aromatic carbocycles. The number of aliphatic hydroxyl groups excluding tert-OH is 1. The first-order valence-corrected chi connectivity index (χ1v) is 15.2. The summed E-state index contributed by atoms with van der Waals surface area (Å²) in [5.74, 6) is -0.357. The van der Waals surface area contributed by atoms with E-state index in [0.717, 1.165) is 33.7 Å². The molecule has 0 aliphatic heterocycles. The molecule has 0 saturated carbocycles. The Morgan fingerprint density at radius 1 is 1.02 bits per heavy atom. The minimum atomic E-state index is -3.59. The van der Waals surface area contributed by atoms with Crippen molar-refractivity contribution in [2.75, 3.05) is 6.26 Å². The molecule has 2 heterocycles. The largest absolute Gasteiger partial charge is 0.772 e. The number of hydrogen-bond acceptors (Lipinski definition) is 7. The molecule has 0 saturated heterocycles. The maximum absolute atomic E-state index is 12.2. The van der Waals surface area contributed by atoms with Crippen molar-refractivity contribution < 1.29 is 48.1 Å². The molecule has 1 unspecified atom stereocenters. The van der Waals surface area contributed by atoms with E-state index in [0.29, 0.717) is 16.8 Å². The third-order valence-electron chi connectivity index (χ3n) is 5.86. The van der Waals surface area contributed by atoms with Crippen LogP contribution in [0.1, 0.15) is 19.4 Å². The number of aliphatic hydroxyl groups is 1. The number of allylic oxidation sites excluding steroid dienone is 2. The minimum absolute atomic E-state index is 0. The molecule has 0 aliphatic rings. The summed E-state index contributed by atoms with van der Waals surface area (Å²) in [7, 11) is -3.59. The van der Waals surface area contributed by atoms with Crippen molar-refractivity contribution in [1.82, 2.24) is 9.55 Å². The van der Waals surface area contributed by atoms with Crippen molar-refractivity contribution in [3.05, 3.63) is 102 Å². The predicted molar refractivity (Wildman–Crippen MR) is 156 cm³/mol. The van der Waals surface area contributed by atoms with Crippen LogP contribution in [0, 0.1) is 6.07 Å². The molecular formula is C30H26N2O6PtS2-2. The van der Waals surface area contributed by atoms with E-state index >= 15 is 0 Å². The van der Waals surface area contributed by atoms with Gasteiger partial charge in [-0.25, -0.2) is 8.42 Å². The second-order valence-electron chi connectivity index (χ2n) is 9.15. The average molecular weight is 770 g/mol. The molecule has 0 bridgehead atoms. The summed E-state index contributed by atoms with van der Waals surface area (Å²) in [6.07, 6.45) is 3.89. The van der Waals surface area contributed by atoms with Crippen LogP contribution >= 0.6 is 0 Å². The molecule has 0 fully saturated rings. The van der Waals surface area contributed by atoms with Gasteiger partial charge in [0.15, 0.2) is 15.6 Å². The van der Waals surface area contributed by atoms with Gasteiger partial charge in [-0.3, -0.25) is 9.00 Å². The molecule has 41 heavy (non-hydrogen) atoms. The summed E-state index contributed by atoms with van der Waals surface area (Å²) in [6.45, 7) is 2.85. The summed E-state index contributed by atoms with van der Waals surface area (Å²) in [4.78, 5) is 14.4. The van der Waals surface area contributed by atoms with Gasteiger partial charge in [0, 0.05) is 61.8 Å². The molecule has 8 nitrogen and oxygen atoms in total. The molecule has 0 aliphatic carbocycles. The third kappa shape index (κ3) is 7.86. The van der Waals surface area contributed by atoms with E-state index < -0.39 is 20.9 Å². The first-order chi connectivity index (χ1) is 18.9. The van der Waals surface area contributed by atoms with Gasteiger partial charge in [-0.05, 0) is 42.6 Å². The number of aromatic nitrogens is 2. The Labute approximate surface area is 255 Å². The van der Waals surface area contributed by atoms with Crippen LogP contribution in [0.3, 0.4) is 0 Å². The number of fused-ring (bicyclic) bond motifs is 3. The summed E-state index contributed by atoms with van der Waals surface area (Å²) in [5, 5.41) is 10.6. The fourth-order valence-corrected chi connectivity index (χ4v) is 5.46. The number of sulfone groups is 1.